The van der Waals surface area contributed by atoms with Gasteiger partial charge in [0.25, 0.3) is 0 Å². The number of pyridine rings is 1. The Morgan fingerprint density at radius 3 is 2.62 bits per heavy atom. The van der Waals surface area contributed by atoms with Gasteiger partial charge in [0.15, 0.2) is 11.5 Å². The van der Waals surface area contributed by atoms with Crippen molar-refractivity contribution in [2.24, 2.45) is 0 Å². The van der Waals surface area contributed by atoms with Gasteiger partial charge in [0.05, 0.1) is 25.1 Å². The second-order valence-corrected chi connectivity index (χ2v) is 5.69. The minimum atomic E-state index is 0.122. The highest BCUT2D eigenvalue weighted by atomic mass is 79.9. The molecule has 0 atom stereocenters. The Hall–Kier alpha value is -1.75. The van der Waals surface area contributed by atoms with Gasteiger partial charge in [-0.2, -0.15) is 0 Å². The van der Waals surface area contributed by atoms with Crippen LogP contribution in [0.1, 0.15) is 19.4 Å². The zero-order valence-electron chi connectivity index (χ0n) is 12.4. The molecular weight excluding hydrogens is 332 g/mol. The van der Waals surface area contributed by atoms with E-state index in [4.69, 9.17) is 9.47 Å². The molecule has 1 heterocycles. The Balaban J connectivity index is 2.05. The van der Waals surface area contributed by atoms with Crippen molar-refractivity contribution in [2.45, 2.75) is 26.5 Å². The molecule has 5 heteroatoms. The first-order chi connectivity index (χ1) is 10.1. The molecule has 0 radical (unpaired) electrons. The standard InChI is InChI=1S/C16H19BrN2O2/c1-11(2)21-14-6-4-12(8-15(14)20-3)9-18-13-5-7-16(17)19-10-13/h4-8,10-11,18H,9H2,1-3H3. The highest BCUT2D eigenvalue weighted by Gasteiger charge is 2.07. The van der Waals surface area contributed by atoms with Crippen molar-refractivity contribution in [3.63, 3.8) is 0 Å². The van der Waals surface area contributed by atoms with Crippen LogP contribution in [0.5, 0.6) is 11.5 Å². The summed E-state index contributed by atoms with van der Waals surface area (Å²) in [5.41, 5.74) is 2.09. The van der Waals surface area contributed by atoms with Gasteiger partial charge in [0.2, 0.25) is 0 Å². The van der Waals surface area contributed by atoms with Gasteiger partial charge in [0.1, 0.15) is 4.60 Å². The summed E-state index contributed by atoms with van der Waals surface area (Å²) < 4.78 is 11.9. The molecule has 0 unspecified atom stereocenters. The summed E-state index contributed by atoms with van der Waals surface area (Å²) in [7, 11) is 1.65. The fraction of sp³-hybridized carbons (Fsp3) is 0.312. The van der Waals surface area contributed by atoms with E-state index in [9.17, 15) is 0 Å². The number of benzene rings is 1. The van der Waals surface area contributed by atoms with Gasteiger partial charge in [-0.3, -0.25) is 0 Å². The summed E-state index contributed by atoms with van der Waals surface area (Å²) >= 11 is 3.32. The minimum absolute atomic E-state index is 0.122. The van der Waals surface area contributed by atoms with Gasteiger partial charge in [0, 0.05) is 6.54 Å². The molecule has 2 aromatic rings. The molecule has 1 aromatic heterocycles. The third-order valence-corrected chi connectivity index (χ3v) is 3.28. The van der Waals surface area contributed by atoms with E-state index >= 15 is 0 Å². The molecule has 0 aliphatic heterocycles. The van der Waals surface area contributed by atoms with E-state index in [1.165, 1.54) is 0 Å². The molecule has 2 rings (SSSR count). The Morgan fingerprint density at radius 1 is 1.19 bits per heavy atom. The van der Waals surface area contributed by atoms with E-state index in [0.717, 1.165) is 27.4 Å². The molecule has 0 amide bonds. The van der Waals surface area contributed by atoms with Crippen LogP contribution >= 0.6 is 15.9 Å². The van der Waals surface area contributed by atoms with E-state index in [-0.39, 0.29) is 6.10 Å². The van der Waals surface area contributed by atoms with Crippen LogP contribution in [0.4, 0.5) is 5.69 Å². The summed E-state index contributed by atoms with van der Waals surface area (Å²) in [5, 5.41) is 3.32. The van der Waals surface area contributed by atoms with Crippen LogP contribution in [0.2, 0.25) is 0 Å². The molecule has 0 saturated carbocycles. The average molecular weight is 351 g/mol. The van der Waals surface area contributed by atoms with E-state index in [0.29, 0.717) is 6.54 Å². The lowest BCUT2D eigenvalue weighted by atomic mass is 10.2. The summed E-state index contributed by atoms with van der Waals surface area (Å²) in [6, 6.07) is 9.83. The maximum Gasteiger partial charge on any atom is 0.161 e. The number of rotatable bonds is 6. The van der Waals surface area contributed by atoms with Gasteiger partial charge >= 0.3 is 0 Å². The third-order valence-electron chi connectivity index (χ3n) is 2.81. The first-order valence-electron chi connectivity index (χ1n) is 6.77. The van der Waals surface area contributed by atoms with Gasteiger partial charge in [-0.15, -0.1) is 0 Å². The van der Waals surface area contributed by atoms with E-state index < -0.39 is 0 Å². The maximum atomic E-state index is 5.71. The number of halogens is 1. The predicted molar refractivity (Wildman–Crippen MR) is 88.0 cm³/mol. The van der Waals surface area contributed by atoms with Crippen LogP contribution in [-0.4, -0.2) is 18.2 Å². The topological polar surface area (TPSA) is 43.4 Å². The molecule has 0 bridgehead atoms. The second kappa shape index (κ2) is 7.31. The van der Waals surface area contributed by atoms with Crippen molar-refractivity contribution in [3.8, 4) is 11.5 Å². The van der Waals surface area contributed by atoms with Crippen molar-refractivity contribution >= 4 is 21.6 Å². The van der Waals surface area contributed by atoms with E-state index in [2.05, 4.69) is 26.2 Å². The van der Waals surface area contributed by atoms with Gasteiger partial charge in [-0.05, 0) is 59.6 Å². The molecule has 0 saturated heterocycles. The number of nitrogens with zero attached hydrogens (tertiary/aromatic N) is 1. The van der Waals surface area contributed by atoms with Crippen LogP contribution in [0.15, 0.2) is 41.1 Å². The van der Waals surface area contributed by atoms with Crippen molar-refractivity contribution in [1.82, 2.24) is 4.98 Å². The van der Waals surface area contributed by atoms with Crippen molar-refractivity contribution in [2.75, 3.05) is 12.4 Å². The molecule has 21 heavy (non-hydrogen) atoms. The molecular formula is C16H19BrN2O2. The minimum Gasteiger partial charge on any atom is -0.493 e. The largest absolute Gasteiger partial charge is 0.493 e. The van der Waals surface area contributed by atoms with Gasteiger partial charge in [-0.1, -0.05) is 6.07 Å². The van der Waals surface area contributed by atoms with Crippen molar-refractivity contribution in [3.05, 3.63) is 46.7 Å². The number of hydrogen-bond acceptors (Lipinski definition) is 4. The summed E-state index contributed by atoms with van der Waals surface area (Å²) in [6.07, 6.45) is 1.91. The van der Waals surface area contributed by atoms with Crippen molar-refractivity contribution < 1.29 is 9.47 Å². The number of aromatic nitrogens is 1. The monoisotopic (exact) mass is 350 g/mol. The summed E-state index contributed by atoms with van der Waals surface area (Å²) in [5.74, 6) is 1.51. The van der Waals surface area contributed by atoms with E-state index in [1.807, 2.05) is 44.2 Å². The Bertz CT molecular complexity index is 585. The fourth-order valence-corrected chi connectivity index (χ4v) is 2.09. The van der Waals surface area contributed by atoms with Crippen LogP contribution in [0.3, 0.4) is 0 Å². The molecule has 0 aliphatic carbocycles. The number of ether oxygens (including phenoxy) is 2. The first-order valence-corrected chi connectivity index (χ1v) is 7.57. The van der Waals surface area contributed by atoms with Crippen LogP contribution in [0.25, 0.3) is 0 Å². The Morgan fingerprint density at radius 2 is 2.00 bits per heavy atom. The number of nitrogens with one attached hydrogen (secondary N) is 1. The molecule has 0 aliphatic rings. The SMILES string of the molecule is COc1cc(CNc2ccc(Br)nc2)ccc1OC(C)C. The predicted octanol–water partition coefficient (Wildman–Crippen LogP) is 4.25. The molecule has 0 spiro atoms. The second-order valence-electron chi connectivity index (χ2n) is 4.87. The number of hydrogen-bond donors (Lipinski definition) is 1. The Kier molecular flexibility index (Phi) is 5.44. The Labute approximate surface area is 133 Å². The third kappa shape index (κ3) is 4.63. The molecule has 4 nitrogen and oxygen atoms in total. The molecule has 0 fully saturated rings. The molecule has 112 valence electrons. The van der Waals surface area contributed by atoms with Crippen LogP contribution < -0.4 is 14.8 Å². The van der Waals surface area contributed by atoms with E-state index in [1.54, 1.807) is 13.3 Å². The normalized spacial score (nSPS) is 10.5. The fourth-order valence-electron chi connectivity index (χ4n) is 1.86. The quantitative estimate of drug-likeness (QED) is 0.790. The first kappa shape index (κ1) is 15.6. The lowest BCUT2D eigenvalue weighted by Crippen LogP contribution is -2.07. The number of anilines is 1. The van der Waals surface area contributed by atoms with Gasteiger partial charge < -0.3 is 14.8 Å². The summed E-state index contributed by atoms with van der Waals surface area (Å²) in [4.78, 5) is 4.18. The average Bonchev–Trinajstić information content (AvgIpc) is 2.47. The molecule has 1 N–H and O–H groups in total. The lowest BCUT2D eigenvalue weighted by Gasteiger charge is -2.15. The van der Waals surface area contributed by atoms with Crippen LogP contribution in [-0.2, 0) is 6.54 Å². The zero-order chi connectivity index (χ0) is 15.2. The zero-order valence-corrected chi connectivity index (χ0v) is 14.0. The number of methoxy groups -OCH3 is 1. The van der Waals surface area contributed by atoms with Crippen LogP contribution in [0, 0.1) is 0 Å². The van der Waals surface area contributed by atoms with Gasteiger partial charge in [-0.25, -0.2) is 4.98 Å². The highest BCUT2D eigenvalue weighted by Crippen LogP contribution is 2.29. The maximum absolute atomic E-state index is 5.71. The summed E-state index contributed by atoms with van der Waals surface area (Å²) in [6.45, 7) is 4.69. The smallest absolute Gasteiger partial charge is 0.161 e. The molecule has 1 aromatic carbocycles. The highest BCUT2D eigenvalue weighted by molar-refractivity contribution is 9.10. The van der Waals surface area contributed by atoms with Crippen molar-refractivity contribution in [1.29, 1.82) is 0 Å². The lowest BCUT2D eigenvalue weighted by molar-refractivity contribution is 0.230.